The number of carbonyl (C=O) groups is 1. The lowest BCUT2D eigenvalue weighted by Gasteiger charge is -2.20. The number of alkyl halides is 2. The number of carbonyl (C=O) groups excluding carboxylic acids is 1. The molecule has 1 aliphatic heterocycles. The average molecular weight is 460 g/mol. The number of hydrogen-bond donors (Lipinski definition) is 0. The van der Waals surface area contributed by atoms with E-state index in [0.717, 1.165) is 24.9 Å². The molecule has 1 amide bonds. The van der Waals surface area contributed by atoms with Crippen LogP contribution in [0.1, 0.15) is 37.1 Å². The maximum Gasteiger partial charge on any atom is 0.387 e. The Bertz CT molecular complexity index is 1050. The van der Waals surface area contributed by atoms with Crippen LogP contribution in [0.5, 0.6) is 5.75 Å². The van der Waals surface area contributed by atoms with E-state index in [2.05, 4.69) is 19.9 Å². The summed E-state index contributed by atoms with van der Waals surface area (Å²) in [4.78, 5) is 18.5. The van der Waals surface area contributed by atoms with Crippen LogP contribution >= 0.6 is 11.8 Å². The molecular weight excluding hydrogens is 436 g/mol. The predicted octanol–water partition coefficient (Wildman–Crippen LogP) is 4.46. The Hall–Kier alpha value is -3.01. The summed E-state index contributed by atoms with van der Waals surface area (Å²) in [6, 6.07) is 10.4. The fraction of sp³-hybridized carbons (Fsp3) is 0.364. The highest BCUT2D eigenvalue weighted by Crippen LogP contribution is 2.30. The van der Waals surface area contributed by atoms with Gasteiger partial charge in [0.2, 0.25) is 5.91 Å². The van der Waals surface area contributed by atoms with E-state index in [9.17, 15) is 13.6 Å². The van der Waals surface area contributed by atoms with E-state index in [4.69, 9.17) is 0 Å². The van der Waals surface area contributed by atoms with Gasteiger partial charge in [0.15, 0.2) is 11.0 Å². The van der Waals surface area contributed by atoms with Crippen molar-refractivity contribution < 1.29 is 18.3 Å². The molecule has 1 aromatic carbocycles. The van der Waals surface area contributed by atoms with Gasteiger partial charge in [0.05, 0.1) is 18.4 Å². The van der Waals surface area contributed by atoms with Crippen LogP contribution in [-0.2, 0) is 17.1 Å². The van der Waals surface area contributed by atoms with Crippen molar-refractivity contribution in [3.63, 3.8) is 0 Å². The van der Waals surface area contributed by atoms with Gasteiger partial charge in [-0.1, -0.05) is 36.4 Å². The highest BCUT2D eigenvalue weighted by atomic mass is 32.2. The average Bonchev–Trinajstić information content (AvgIpc) is 3.08. The third-order valence-corrected chi connectivity index (χ3v) is 6.13. The Morgan fingerprint density at radius 2 is 1.97 bits per heavy atom. The molecule has 0 unspecified atom stereocenters. The maximum absolute atomic E-state index is 12.7. The van der Waals surface area contributed by atoms with E-state index < -0.39 is 6.61 Å². The lowest BCUT2D eigenvalue weighted by molar-refractivity contribution is -0.131. The second-order valence-electron chi connectivity index (χ2n) is 7.35. The van der Waals surface area contributed by atoms with Crippen molar-refractivity contribution in [2.24, 2.45) is 0 Å². The van der Waals surface area contributed by atoms with Gasteiger partial charge >= 0.3 is 6.61 Å². The van der Waals surface area contributed by atoms with Gasteiger partial charge in [-0.3, -0.25) is 14.3 Å². The van der Waals surface area contributed by atoms with E-state index in [1.54, 1.807) is 30.6 Å². The van der Waals surface area contributed by atoms with Crippen LogP contribution in [0.15, 0.2) is 53.9 Å². The molecule has 2 aromatic heterocycles. The first-order valence-electron chi connectivity index (χ1n) is 10.4. The molecule has 0 radical (unpaired) electrons. The van der Waals surface area contributed by atoms with Gasteiger partial charge < -0.3 is 9.64 Å². The summed E-state index contributed by atoms with van der Waals surface area (Å²) in [6.45, 7) is -1.84. The zero-order chi connectivity index (χ0) is 22.3. The van der Waals surface area contributed by atoms with Crippen molar-refractivity contribution in [1.82, 2.24) is 24.6 Å². The molecule has 0 spiro atoms. The molecule has 1 saturated heterocycles. The molecule has 32 heavy (non-hydrogen) atoms. The Labute approximate surface area is 188 Å². The summed E-state index contributed by atoms with van der Waals surface area (Å²) in [5, 5.41) is 9.27. The SMILES string of the molecule is O=C1CCCCCN1Cc1nnc(SCc2ccccc2OC(F)F)n1-c1cccnc1. The standard InChI is InChI=1S/C22H23F2N5O2S/c23-21(24)31-18-9-4-3-7-16(18)15-32-22-27-26-19(29(22)17-8-6-11-25-13-17)14-28-12-5-1-2-10-20(28)30/h3-4,6-9,11,13,21H,1-2,5,10,12,14-15H2. The number of thioether (sulfide) groups is 1. The second-order valence-corrected chi connectivity index (χ2v) is 8.29. The Morgan fingerprint density at radius 3 is 2.78 bits per heavy atom. The van der Waals surface area contributed by atoms with Gasteiger partial charge in [0.1, 0.15) is 5.75 Å². The van der Waals surface area contributed by atoms with Gasteiger partial charge in [0.25, 0.3) is 0 Å². The Morgan fingerprint density at radius 1 is 1.09 bits per heavy atom. The molecule has 4 rings (SSSR count). The van der Waals surface area contributed by atoms with Gasteiger partial charge in [-0.15, -0.1) is 10.2 Å². The number of para-hydroxylation sites is 1. The molecule has 0 bridgehead atoms. The number of nitrogens with zero attached hydrogens (tertiary/aromatic N) is 5. The highest BCUT2D eigenvalue weighted by molar-refractivity contribution is 7.98. The first-order valence-corrected chi connectivity index (χ1v) is 11.4. The molecule has 3 heterocycles. The molecule has 0 atom stereocenters. The van der Waals surface area contributed by atoms with Crippen molar-refractivity contribution in [1.29, 1.82) is 0 Å². The number of halogens is 2. The number of rotatable bonds is 8. The van der Waals surface area contributed by atoms with Crippen LogP contribution < -0.4 is 4.74 Å². The smallest absolute Gasteiger partial charge is 0.387 e. The zero-order valence-corrected chi connectivity index (χ0v) is 18.2. The van der Waals surface area contributed by atoms with Crippen molar-refractivity contribution >= 4 is 17.7 Å². The fourth-order valence-corrected chi connectivity index (χ4v) is 4.56. The maximum atomic E-state index is 12.7. The summed E-state index contributed by atoms with van der Waals surface area (Å²) in [5.74, 6) is 1.26. The predicted molar refractivity (Wildman–Crippen MR) is 116 cm³/mol. The molecule has 168 valence electrons. The molecule has 3 aromatic rings. The van der Waals surface area contributed by atoms with E-state index in [-0.39, 0.29) is 11.7 Å². The Balaban J connectivity index is 1.60. The van der Waals surface area contributed by atoms with Gasteiger partial charge in [-0.25, -0.2) is 0 Å². The van der Waals surface area contributed by atoms with E-state index >= 15 is 0 Å². The monoisotopic (exact) mass is 459 g/mol. The molecule has 1 fully saturated rings. The summed E-state index contributed by atoms with van der Waals surface area (Å²) in [6.07, 6.45) is 6.84. The van der Waals surface area contributed by atoms with E-state index in [1.165, 1.54) is 17.8 Å². The summed E-state index contributed by atoms with van der Waals surface area (Å²) in [7, 11) is 0. The normalized spacial score (nSPS) is 14.6. The van der Waals surface area contributed by atoms with Crippen LogP contribution in [0.4, 0.5) is 8.78 Å². The first-order chi connectivity index (χ1) is 15.6. The van der Waals surface area contributed by atoms with E-state index in [1.807, 2.05) is 21.6 Å². The number of aromatic nitrogens is 4. The van der Waals surface area contributed by atoms with Crippen LogP contribution in [0.25, 0.3) is 5.69 Å². The third kappa shape index (κ3) is 5.42. The minimum atomic E-state index is -2.89. The number of hydrogen-bond acceptors (Lipinski definition) is 6. The summed E-state index contributed by atoms with van der Waals surface area (Å²) < 4.78 is 32.0. The molecule has 0 saturated carbocycles. The first kappa shape index (κ1) is 22.2. The highest BCUT2D eigenvalue weighted by Gasteiger charge is 2.22. The minimum absolute atomic E-state index is 0.121. The van der Waals surface area contributed by atoms with Gasteiger partial charge in [-0.05, 0) is 31.0 Å². The number of pyridine rings is 1. The third-order valence-electron chi connectivity index (χ3n) is 5.15. The van der Waals surface area contributed by atoms with Crippen molar-refractivity contribution in [2.45, 2.75) is 49.7 Å². The lowest BCUT2D eigenvalue weighted by Crippen LogP contribution is -2.31. The zero-order valence-electron chi connectivity index (χ0n) is 17.4. The Kier molecular flexibility index (Phi) is 7.31. The van der Waals surface area contributed by atoms with Crippen LogP contribution in [0.3, 0.4) is 0 Å². The van der Waals surface area contributed by atoms with Crippen LogP contribution in [0.2, 0.25) is 0 Å². The lowest BCUT2D eigenvalue weighted by atomic mass is 10.2. The van der Waals surface area contributed by atoms with Crippen molar-refractivity contribution in [3.05, 3.63) is 60.2 Å². The molecule has 1 aliphatic rings. The summed E-state index contributed by atoms with van der Waals surface area (Å²) in [5.41, 5.74) is 1.40. The largest absolute Gasteiger partial charge is 0.435 e. The van der Waals surface area contributed by atoms with Gasteiger partial charge in [0, 0.05) is 30.5 Å². The number of benzene rings is 1. The number of amides is 1. The van der Waals surface area contributed by atoms with Gasteiger partial charge in [-0.2, -0.15) is 8.78 Å². The molecule has 7 nitrogen and oxygen atoms in total. The van der Waals surface area contributed by atoms with Crippen LogP contribution in [-0.4, -0.2) is 43.7 Å². The molecule has 0 N–H and O–H groups in total. The minimum Gasteiger partial charge on any atom is -0.435 e. The quantitative estimate of drug-likeness (QED) is 0.463. The van der Waals surface area contributed by atoms with Crippen molar-refractivity contribution in [3.8, 4) is 11.4 Å². The number of ether oxygens (including phenoxy) is 1. The van der Waals surface area contributed by atoms with Crippen LogP contribution in [0, 0.1) is 0 Å². The number of likely N-dealkylation sites (tertiary alicyclic amines) is 1. The molecule has 10 heteroatoms. The summed E-state index contributed by atoms with van der Waals surface area (Å²) >= 11 is 1.36. The fourth-order valence-electron chi connectivity index (χ4n) is 3.59. The molecular formula is C22H23F2N5O2S. The molecule has 0 aliphatic carbocycles. The van der Waals surface area contributed by atoms with E-state index in [0.29, 0.717) is 41.8 Å². The topological polar surface area (TPSA) is 73.1 Å². The second kappa shape index (κ2) is 10.5. The van der Waals surface area contributed by atoms with Crippen molar-refractivity contribution in [2.75, 3.05) is 6.54 Å².